The summed E-state index contributed by atoms with van der Waals surface area (Å²) in [6.07, 6.45) is -8.69. The Labute approximate surface area is 269 Å². The van der Waals surface area contributed by atoms with Crippen LogP contribution in [0.3, 0.4) is 0 Å². The fourth-order valence-corrected chi connectivity index (χ4v) is 5.08. The van der Waals surface area contributed by atoms with Crippen molar-refractivity contribution in [2.24, 2.45) is 0 Å². The van der Waals surface area contributed by atoms with E-state index in [2.05, 4.69) is 17.2 Å². The van der Waals surface area contributed by atoms with E-state index in [0.29, 0.717) is 45.1 Å². The summed E-state index contributed by atoms with van der Waals surface area (Å²) in [7, 11) is 0. The summed E-state index contributed by atoms with van der Waals surface area (Å²) in [5.41, 5.74) is 0.814. The van der Waals surface area contributed by atoms with Crippen LogP contribution in [0.5, 0.6) is 0 Å². The fraction of sp³-hybridized carbons (Fsp3) is 0.867. The fourth-order valence-electron chi connectivity index (χ4n) is 5.08. The van der Waals surface area contributed by atoms with Gasteiger partial charge in [0.05, 0.1) is 13.2 Å². The molecule has 2 aliphatic rings. The van der Waals surface area contributed by atoms with Gasteiger partial charge in [-0.05, 0) is 51.9 Å². The molecule has 10 unspecified atom stereocenters. The number of rotatable bonds is 21. The summed E-state index contributed by atoms with van der Waals surface area (Å²) in [6.45, 7) is 5.49. The summed E-state index contributed by atoms with van der Waals surface area (Å²) in [4.78, 5) is 24.6. The van der Waals surface area contributed by atoms with Crippen molar-refractivity contribution >= 4 is 11.8 Å². The first-order valence-electron chi connectivity index (χ1n) is 16.0. The highest BCUT2D eigenvalue weighted by Gasteiger charge is 2.45. The van der Waals surface area contributed by atoms with Crippen LogP contribution < -0.4 is 10.6 Å². The van der Waals surface area contributed by atoms with E-state index >= 15 is 0 Å². The van der Waals surface area contributed by atoms with Gasteiger partial charge in [0.25, 0.3) is 0 Å². The zero-order valence-corrected chi connectivity index (χ0v) is 26.5. The average molecular weight is 667 g/mol. The van der Waals surface area contributed by atoms with E-state index in [0.717, 1.165) is 12.0 Å². The van der Waals surface area contributed by atoms with Gasteiger partial charge in [-0.1, -0.05) is 12.2 Å². The van der Waals surface area contributed by atoms with Crippen molar-refractivity contribution in [3.63, 3.8) is 0 Å². The first-order valence-corrected chi connectivity index (χ1v) is 16.0. The van der Waals surface area contributed by atoms with Crippen molar-refractivity contribution < 1.29 is 69.4 Å². The van der Waals surface area contributed by atoms with Gasteiger partial charge in [0.1, 0.15) is 48.8 Å². The number of aliphatic hydroxyl groups is 8. The maximum absolute atomic E-state index is 12.5. The Balaban J connectivity index is 1.52. The smallest absolute Gasteiger partial charge is 0.220 e. The molecule has 10 N–H and O–H groups in total. The van der Waals surface area contributed by atoms with Crippen molar-refractivity contribution in [3.05, 3.63) is 12.2 Å². The first-order chi connectivity index (χ1) is 21.9. The zero-order valence-electron chi connectivity index (χ0n) is 26.5. The second kappa shape index (κ2) is 21.2. The first kappa shape index (κ1) is 40.4. The standard InChI is InChI=1S/C30H54N2O14/c1-17(2)18(32-22(36)11-5-8-14-44-30-28(42)26(40)24(38)20(16-34)46-30)9-3-6-12-31-21(35)10-4-7-13-43-29-27(41)25(39)23(37)19(15-33)45-29/h18-20,23-30,33-34,37-42H,1,3-16H2,2H3,(H,31,35)(H,32,36)/t18-,19?,20?,23?,24?,25?,26?,27?,28?,29?,30?/m0/s1. The SMILES string of the molecule is C=C(C)[C@H](CCCCNC(=O)CCCCOC1OC(CO)C(O)C(O)C1O)NC(=O)CCCCOC1OC(CO)C(O)C(O)C1O. The Morgan fingerprint density at radius 3 is 1.63 bits per heavy atom. The number of hydrogen-bond donors (Lipinski definition) is 10. The minimum Gasteiger partial charge on any atom is -0.394 e. The van der Waals surface area contributed by atoms with Crippen LogP contribution in [0.2, 0.25) is 0 Å². The number of amides is 2. The number of carbonyl (C=O) groups excluding carboxylic acids is 2. The highest BCUT2D eigenvalue weighted by molar-refractivity contribution is 5.76. The van der Waals surface area contributed by atoms with Crippen molar-refractivity contribution in [1.29, 1.82) is 0 Å². The van der Waals surface area contributed by atoms with E-state index in [-0.39, 0.29) is 43.9 Å². The molecular weight excluding hydrogens is 612 g/mol. The summed E-state index contributed by atoms with van der Waals surface area (Å²) < 4.78 is 21.4. The van der Waals surface area contributed by atoms with E-state index in [1.54, 1.807) is 0 Å². The lowest BCUT2D eigenvalue weighted by Gasteiger charge is -2.39. The zero-order chi connectivity index (χ0) is 34.2. The summed E-state index contributed by atoms with van der Waals surface area (Å²) in [5.74, 6) is -0.266. The molecule has 0 aliphatic carbocycles. The van der Waals surface area contributed by atoms with E-state index in [9.17, 15) is 50.4 Å². The molecule has 2 rings (SSSR count). The lowest BCUT2D eigenvalue weighted by Crippen LogP contribution is -2.59. The van der Waals surface area contributed by atoms with Gasteiger partial charge in [-0.15, -0.1) is 0 Å². The van der Waals surface area contributed by atoms with Crippen LogP contribution in [0.25, 0.3) is 0 Å². The van der Waals surface area contributed by atoms with Gasteiger partial charge < -0.3 is 70.4 Å². The molecule has 0 aromatic heterocycles. The van der Waals surface area contributed by atoms with E-state index in [1.807, 2.05) is 6.92 Å². The Hall–Kier alpha value is -1.80. The van der Waals surface area contributed by atoms with Gasteiger partial charge in [0.2, 0.25) is 11.8 Å². The van der Waals surface area contributed by atoms with Crippen LogP contribution >= 0.6 is 0 Å². The quantitative estimate of drug-likeness (QED) is 0.0442. The summed E-state index contributed by atoms with van der Waals surface area (Å²) in [6, 6.07) is -0.211. The number of unbranched alkanes of at least 4 members (excludes halogenated alkanes) is 3. The second-order valence-corrected chi connectivity index (χ2v) is 11.9. The third-order valence-corrected chi connectivity index (χ3v) is 8.03. The minimum absolute atomic E-state index is 0.117. The number of ether oxygens (including phenoxy) is 4. The highest BCUT2D eigenvalue weighted by atomic mass is 16.7. The Kier molecular flexibility index (Phi) is 18.6. The van der Waals surface area contributed by atoms with Crippen molar-refractivity contribution in [2.45, 2.75) is 132 Å². The average Bonchev–Trinajstić information content (AvgIpc) is 3.03. The maximum atomic E-state index is 12.5. The predicted molar refractivity (Wildman–Crippen MR) is 161 cm³/mol. The van der Waals surface area contributed by atoms with Gasteiger partial charge in [-0.2, -0.15) is 0 Å². The van der Waals surface area contributed by atoms with Crippen LogP contribution in [0, 0.1) is 0 Å². The van der Waals surface area contributed by atoms with Crippen molar-refractivity contribution in [3.8, 4) is 0 Å². The molecule has 0 aromatic rings. The van der Waals surface area contributed by atoms with E-state index < -0.39 is 74.6 Å². The van der Waals surface area contributed by atoms with Crippen molar-refractivity contribution in [1.82, 2.24) is 10.6 Å². The topological polar surface area (TPSA) is 257 Å². The number of carbonyl (C=O) groups is 2. The minimum atomic E-state index is -1.51. The van der Waals surface area contributed by atoms with Gasteiger partial charge in [-0.25, -0.2) is 0 Å². The molecule has 2 fully saturated rings. The molecule has 16 nitrogen and oxygen atoms in total. The third kappa shape index (κ3) is 13.0. The molecule has 0 saturated carbocycles. The molecular formula is C30H54N2O14. The normalized spacial score (nSPS) is 32.1. The largest absolute Gasteiger partial charge is 0.394 e. The van der Waals surface area contributed by atoms with Gasteiger partial charge in [0.15, 0.2) is 12.6 Å². The lowest BCUT2D eigenvalue weighted by molar-refractivity contribution is -0.301. The van der Waals surface area contributed by atoms with Crippen LogP contribution in [0.4, 0.5) is 0 Å². The summed E-state index contributed by atoms with van der Waals surface area (Å²) in [5, 5.41) is 83.5. The Morgan fingerprint density at radius 2 is 1.17 bits per heavy atom. The molecule has 0 radical (unpaired) electrons. The molecule has 11 atom stereocenters. The van der Waals surface area contributed by atoms with Crippen LogP contribution in [-0.2, 0) is 28.5 Å². The third-order valence-electron chi connectivity index (χ3n) is 8.03. The van der Waals surface area contributed by atoms with E-state index in [4.69, 9.17) is 18.9 Å². The second-order valence-electron chi connectivity index (χ2n) is 11.9. The Morgan fingerprint density at radius 1 is 0.696 bits per heavy atom. The molecule has 0 spiro atoms. The number of hydrogen-bond acceptors (Lipinski definition) is 14. The number of aliphatic hydroxyl groups excluding tert-OH is 8. The highest BCUT2D eigenvalue weighted by Crippen LogP contribution is 2.23. The van der Waals surface area contributed by atoms with Crippen LogP contribution in [0.15, 0.2) is 12.2 Å². The van der Waals surface area contributed by atoms with Crippen LogP contribution in [-0.4, -0.2) is 153 Å². The predicted octanol–water partition coefficient (Wildman–Crippen LogP) is -2.69. The lowest BCUT2D eigenvalue weighted by atomic mass is 9.99. The molecule has 2 aliphatic heterocycles. The molecule has 46 heavy (non-hydrogen) atoms. The van der Waals surface area contributed by atoms with Gasteiger partial charge >= 0.3 is 0 Å². The molecule has 2 heterocycles. The van der Waals surface area contributed by atoms with E-state index in [1.165, 1.54) is 0 Å². The Bertz CT molecular complexity index is 909. The molecule has 16 heteroatoms. The van der Waals surface area contributed by atoms with Crippen LogP contribution in [0.1, 0.15) is 64.7 Å². The molecule has 268 valence electrons. The van der Waals surface area contributed by atoms with Gasteiger partial charge in [-0.3, -0.25) is 9.59 Å². The van der Waals surface area contributed by atoms with Gasteiger partial charge in [0, 0.05) is 38.6 Å². The molecule has 0 bridgehead atoms. The number of nitrogens with one attached hydrogen (secondary N) is 2. The van der Waals surface area contributed by atoms with Crippen molar-refractivity contribution in [2.75, 3.05) is 33.0 Å². The maximum Gasteiger partial charge on any atom is 0.220 e. The molecule has 0 aromatic carbocycles. The molecule has 2 amide bonds. The monoisotopic (exact) mass is 666 g/mol. The molecule has 2 saturated heterocycles. The summed E-state index contributed by atoms with van der Waals surface area (Å²) >= 11 is 0.